The number of hydrogen-bond donors (Lipinski definition) is 14. The topological polar surface area (TPSA) is 318 Å². The van der Waals surface area contributed by atoms with Crippen LogP contribution in [0.15, 0.2) is 11.6 Å². The van der Waals surface area contributed by atoms with Crippen LogP contribution in [-0.2, 0) is 19.1 Å². The first-order chi connectivity index (χ1) is 26.2. The summed E-state index contributed by atoms with van der Waals surface area (Å²) in [5, 5.41) is 118. The molecule has 2 saturated heterocycles. The highest BCUT2D eigenvalue weighted by Crippen LogP contribution is 2.36. The van der Waals surface area contributed by atoms with Crippen molar-refractivity contribution in [3.63, 3.8) is 0 Å². The molecule has 0 aromatic carbocycles. The van der Waals surface area contributed by atoms with E-state index in [1.165, 1.54) is 6.08 Å². The van der Waals surface area contributed by atoms with Crippen LogP contribution in [-0.4, -0.2) is 224 Å². The van der Waals surface area contributed by atoms with Gasteiger partial charge in [0.05, 0.1) is 31.5 Å². The standard InChI is InChI=1S/C20H35NO13.C10H14Cl6N4O2/c22-3-6-1-8(12(26)15(29)11(6)25)21-9-2-7(4-23)19(17(31)13(9)27)34-20-18(32)16(30)14(28)10(5-24)33-20;11-9(12,13)7(17-5-21)19-1-2-20(4-3-19)8(18-6-22)10(14,15)16/h1,7-32H,2-5H2;5-8H,1-4H2,(H,17,21)(H,18,22)/t7-,8+,9+,10-,11+,12+,13+,14-,15+,16+,17-,18-,19-,20+;/m1./s1. The quantitative estimate of drug-likeness (QED) is 0.0466. The normalized spacial score (nSPS) is 38.7. The van der Waals surface area contributed by atoms with Crippen LogP contribution in [0.1, 0.15) is 6.42 Å². The van der Waals surface area contributed by atoms with Crippen LogP contribution in [0.4, 0.5) is 0 Å². The van der Waals surface area contributed by atoms with Crippen LogP contribution < -0.4 is 16.0 Å². The van der Waals surface area contributed by atoms with Gasteiger partial charge in [-0.05, 0) is 12.0 Å². The van der Waals surface area contributed by atoms with Crippen LogP contribution in [0, 0.1) is 5.92 Å². The number of halogens is 6. The summed E-state index contributed by atoms with van der Waals surface area (Å²) in [4.78, 5) is 24.9. The molecular formula is C30H49Cl6N5O15. The number of carbonyl (C=O) groups excluding carboxylic acids is 2. The van der Waals surface area contributed by atoms with E-state index in [4.69, 9.17) is 79.1 Å². The van der Waals surface area contributed by atoms with Crippen molar-refractivity contribution in [1.82, 2.24) is 25.8 Å². The maximum absolute atomic E-state index is 10.7. The lowest BCUT2D eigenvalue weighted by Gasteiger charge is -2.47. The molecule has 4 aliphatic rings. The highest BCUT2D eigenvalue weighted by atomic mass is 35.6. The van der Waals surface area contributed by atoms with Gasteiger partial charge in [0.1, 0.15) is 61.2 Å². The molecule has 26 heteroatoms. The van der Waals surface area contributed by atoms with Gasteiger partial charge in [0, 0.05) is 44.7 Å². The summed E-state index contributed by atoms with van der Waals surface area (Å²) >= 11 is 35.2. The molecule has 0 bridgehead atoms. The molecule has 2 amide bonds. The van der Waals surface area contributed by atoms with Gasteiger partial charge in [-0.3, -0.25) is 19.4 Å². The van der Waals surface area contributed by atoms with E-state index in [-0.39, 0.29) is 12.0 Å². The third kappa shape index (κ3) is 12.4. The second-order valence-corrected chi connectivity index (χ2v) is 18.3. The number of aliphatic hydroxyl groups is 11. The Hall–Kier alpha value is -0.220. The molecule has 0 aromatic heterocycles. The van der Waals surface area contributed by atoms with E-state index < -0.39 is 125 Å². The van der Waals surface area contributed by atoms with Crippen molar-refractivity contribution >= 4 is 82.4 Å². The Morgan fingerprint density at radius 3 is 1.68 bits per heavy atom. The third-order valence-electron chi connectivity index (χ3n) is 10.0. The number of rotatable bonds is 13. The zero-order valence-corrected chi connectivity index (χ0v) is 33.9. The van der Waals surface area contributed by atoms with Gasteiger partial charge in [-0.15, -0.1) is 0 Å². The Kier molecular flexibility index (Phi) is 19.7. The monoisotopic (exact) mass is 929 g/mol. The summed E-state index contributed by atoms with van der Waals surface area (Å²) in [6, 6.07) is -1.94. The van der Waals surface area contributed by atoms with E-state index in [9.17, 15) is 65.8 Å². The average Bonchev–Trinajstić information content (AvgIpc) is 3.15. The largest absolute Gasteiger partial charge is 0.396 e. The molecule has 1 saturated carbocycles. The second kappa shape index (κ2) is 22.0. The molecule has 2 aliphatic carbocycles. The van der Waals surface area contributed by atoms with Crippen molar-refractivity contribution in [1.29, 1.82) is 0 Å². The zero-order chi connectivity index (χ0) is 42.3. The highest BCUT2D eigenvalue weighted by molar-refractivity contribution is 6.68. The summed E-state index contributed by atoms with van der Waals surface area (Å²) in [6.07, 6.45) is -16.3. The Labute approximate surface area is 351 Å². The maximum atomic E-state index is 10.7. The maximum Gasteiger partial charge on any atom is 0.223 e. The lowest BCUT2D eigenvalue weighted by atomic mass is 9.78. The summed E-state index contributed by atoms with van der Waals surface area (Å²) in [5.74, 6) is -0.833. The number of carbonyl (C=O) groups is 2. The summed E-state index contributed by atoms with van der Waals surface area (Å²) in [6.45, 7) is -0.0317. The number of nitrogens with zero attached hydrogens (tertiary/aromatic N) is 2. The van der Waals surface area contributed by atoms with Gasteiger partial charge in [0.15, 0.2) is 6.29 Å². The molecule has 2 heterocycles. The number of alkyl halides is 6. The summed E-state index contributed by atoms with van der Waals surface area (Å²) in [7, 11) is 0. The molecule has 20 nitrogen and oxygen atoms in total. The minimum Gasteiger partial charge on any atom is -0.396 e. The lowest BCUT2D eigenvalue weighted by Crippen LogP contribution is -2.66. The van der Waals surface area contributed by atoms with Crippen LogP contribution in [0.5, 0.6) is 0 Å². The number of hydrogen-bond acceptors (Lipinski definition) is 18. The first kappa shape index (κ1) is 50.1. The van der Waals surface area contributed by atoms with E-state index in [1.807, 2.05) is 0 Å². The molecule has 0 radical (unpaired) electrons. The van der Waals surface area contributed by atoms with E-state index in [0.717, 1.165) is 0 Å². The molecule has 0 spiro atoms. The smallest absolute Gasteiger partial charge is 0.223 e. The van der Waals surface area contributed by atoms with Gasteiger partial charge >= 0.3 is 0 Å². The van der Waals surface area contributed by atoms with Crippen molar-refractivity contribution in [2.75, 3.05) is 46.0 Å². The van der Waals surface area contributed by atoms with E-state index >= 15 is 0 Å². The number of aliphatic hydroxyl groups excluding tert-OH is 11. The van der Waals surface area contributed by atoms with Crippen molar-refractivity contribution in [2.45, 2.75) is 106 Å². The molecule has 14 N–H and O–H groups in total. The predicted molar refractivity (Wildman–Crippen MR) is 199 cm³/mol. The molecule has 0 aromatic rings. The van der Waals surface area contributed by atoms with Crippen molar-refractivity contribution in [3.8, 4) is 0 Å². The van der Waals surface area contributed by atoms with Crippen molar-refractivity contribution in [3.05, 3.63) is 11.6 Å². The minimum absolute atomic E-state index is 0.0129. The molecule has 16 atom stereocenters. The Morgan fingerprint density at radius 1 is 0.732 bits per heavy atom. The Bertz CT molecular complexity index is 1230. The van der Waals surface area contributed by atoms with Crippen LogP contribution in [0.2, 0.25) is 0 Å². The highest BCUT2D eigenvalue weighted by Gasteiger charge is 2.51. The van der Waals surface area contributed by atoms with Gasteiger partial charge in [-0.2, -0.15) is 0 Å². The Balaban J connectivity index is 0.000000331. The second-order valence-electron chi connectivity index (χ2n) is 13.6. The minimum atomic E-state index is -1.75. The molecule has 3 fully saturated rings. The number of nitrogens with one attached hydrogen (secondary N) is 3. The summed E-state index contributed by atoms with van der Waals surface area (Å²) < 4.78 is 7.50. The molecule has 4 rings (SSSR count). The number of amides is 2. The molecule has 2 unspecified atom stereocenters. The van der Waals surface area contributed by atoms with Gasteiger partial charge in [-0.25, -0.2) is 0 Å². The van der Waals surface area contributed by atoms with Crippen LogP contribution in [0.25, 0.3) is 0 Å². The van der Waals surface area contributed by atoms with Gasteiger partial charge < -0.3 is 81.6 Å². The molecule has 56 heavy (non-hydrogen) atoms. The van der Waals surface area contributed by atoms with Gasteiger partial charge in [-0.1, -0.05) is 75.7 Å². The first-order valence-electron chi connectivity index (χ1n) is 17.2. The summed E-state index contributed by atoms with van der Waals surface area (Å²) in [5.41, 5.74) is 0.0590. The van der Waals surface area contributed by atoms with Crippen LogP contribution >= 0.6 is 69.6 Å². The first-order valence-corrected chi connectivity index (χ1v) is 19.5. The predicted octanol–water partition coefficient (Wildman–Crippen LogP) is -5.26. The van der Waals surface area contributed by atoms with Crippen LogP contribution in [0.3, 0.4) is 0 Å². The lowest BCUT2D eigenvalue weighted by molar-refractivity contribution is -0.328. The molecular weight excluding hydrogens is 883 g/mol. The Morgan fingerprint density at radius 2 is 1.25 bits per heavy atom. The van der Waals surface area contributed by atoms with Crippen molar-refractivity contribution in [2.24, 2.45) is 5.92 Å². The fourth-order valence-corrected chi connectivity index (χ4v) is 8.17. The molecule has 2 aliphatic heterocycles. The van der Waals surface area contributed by atoms with Crippen molar-refractivity contribution < 1.29 is 75.2 Å². The van der Waals surface area contributed by atoms with Gasteiger partial charge in [0.25, 0.3) is 0 Å². The van der Waals surface area contributed by atoms with E-state index in [2.05, 4.69) is 16.0 Å². The zero-order valence-electron chi connectivity index (χ0n) is 29.3. The fraction of sp³-hybridized carbons (Fsp3) is 0.867. The number of piperazine rings is 1. The third-order valence-corrected chi connectivity index (χ3v) is 11.3. The number of ether oxygens (including phenoxy) is 2. The fourth-order valence-electron chi connectivity index (χ4n) is 6.97. The van der Waals surface area contributed by atoms with Gasteiger partial charge in [0.2, 0.25) is 20.4 Å². The average molecular weight is 932 g/mol. The van der Waals surface area contributed by atoms with E-state index in [0.29, 0.717) is 39.0 Å². The van der Waals surface area contributed by atoms with E-state index in [1.54, 1.807) is 9.80 Å². The SMILES string of the molecule is O=CNC(N1CCN(C(NC=O)C(Cl)(Cl)Cl)CC1)C(Cl)(Cl)Cl.OCC1=C[C@H](N[C@H]2C[C@H](CO)[C@@H](O[C@@H]3O[C@H](CO)[C@@H](O)[C@H](O)[C@H]3O)[C@H](O)[C@H]2O)[C@H](O)[C@@H](O)[C@H]1O. The molecule has 326 valence electrons.